The lowest BCUT2D eigenvalue weighted by Crippen LogP contribution is -2.24. The first kappa shape index (κ1) is 33.9. The van der Waals surface area contributed by atoms with Crippen molar-refractivity contribution in [3.05, 3.63) is 0 Å². The van der Waals surface area contributed by atoms with E-state index in [1.807, 2.05) is 0 Å². The standard InChI is InChI=1S/C31H60O4/c1-3-5-7-9-11-13-15-17-19-21-25-31(27-23-29(32)33,28-24-30(34)35)26-22-20-18-16-14-12-10-8-6-4-2/h3-28H2,1-2H3,(H,32,33)(H,34,35). The van der Waals surface area contributed by atoms with Gasteiger partial charge in [-0.15, -0.1) is 0 Å². The molecule has 0 heterocycles. The third-order valence-corrected chi connectivity index (χ3v) is 7.86. The first-order valence-electron chi connectivity index (χ1n) is 15.4. The van der Waals surface area contributed by atoms with Crippen LogP contribution in [0.4, 0.5) is 0 Å². The second-order valence-corrected chi connectivity index (χ2v) is 11.2. The third-order valence-electron chi connectivity index (χ3n) is 7.86. The van der Waals surface area contributed by atoms with E-state index in [1.165, 1.54) is 116 Å². The fourth-order valence-electron chi connectivity index (χ4n) is 5.47. The molecule has 35 heavy (non-hydrogen) atoms. The average molecular weight is 497 g/mol. The van der Waals surface area contributed by atoms with Crippen molar-refractivity contribution >= 4 is 11.9 Å². The van der Waals surface area contributed by atoms with Gasteiger partial charge >= 0.3 is 11.9 Å². The molecular formula is C31H60O4. The predicted molar refractivity (Wildman–Crippen MR) is 149 cm³/mol. The van der Waals surface area contributed by atoms with Gasteiger partial charge in [0, 0.05) is 12.8 Å². The first-order chi connectivity index (χ1) is 17.0. The lowest BCUT2D eigenvalue weighted by atomic mass is 9.71. The molecule has 0 aliphatic carbocycles. The highest BCUT2D eigenvalue weighted by Gasteiger charge is 2.30. The highest BCUT2D eigenvalue weighted by Crippen LogP contribution is 2.41. The zero-order valence-corrected chi connectivity index (χ0v) is 23.6. The van der Waals surface area contributed by atoms with Crippen molar-refractivity contribution in [1.29, 1.82) is 0 Å². The molecular weight excluding hydrogens is 436 g/mol. The van der Waals surface area contributed by atoms with Gasteiger partial charge in [0.1, 0.15) is 0 Å². The fraction of sp³-hybridized carbons (Fsp3) is 0.935. The van der Waals surface area contributed by atoms with Gasteiger partial charge in [-0.25, -0.2) is 0 Å². The molecule has 0 bridgehead atoms. The number of unbranched alkanes of at least 4 members (excludes halogenated alkanes) is 18. The van der Waals surface area contributed by atoms with Gasteiger partial charge in [-0.1, -0.05) is 142 Å². The maximum Gasteiger partial charge on any atom is 0.303 e. The molecule has 0 saturated carbocycles. The fourth-order valence-corrected chi connectivity index (χ4v) is 5.47. The zero-order chi connectivity index (χ0) is 26.0. The molecule has 0 fully saturated rings. The van der Waals surface area contributed by atoms with E-state index >= 15 is 0 Å². The Bertz CT molecular complexity index is 444. The topological polar surface area (TPSA) is 74.6 Å². The molecule has 0 aliphatic heterocycles. The van der Waals surface area contributed by atoms with Gasteiger partial charge in [0.25, 0.3) is 0 Å². The molecule has 0 aromatic carbocycles. The minimum atomic E-state index is -0.754. The Balaban J connectivity index is 4.43. The molecule has 0 unspecified atom stereocenters. The molecule has 0 radical (unpaired) electrons. The van der Waals surface area contributed by atoms with Gasteiger partial charge in [-0.2, -0.15) is 0 Å². The van der Waals surface area contributed by atoms with E-state index in [0.29, 0.717) is 12.8 Å². The van der Waals surface area contributed by atoms with E-state index in [-0.39, 0.29) is 18.3 Å². The smallest absolute Gasteiger partial charge is 0.303 e. The van der Waals surface area contributed by atoms with Crippen LogP contribution in [0.15, 0.2) is 0 Å². The maximum atomic E-state index is 11.4. The zero-order valence-electron chi connectivity index (χ0n) is 23.6. The van der Waals surface area contributed by atoms with E-state index in [1.54, 1.807) is 0 Å². The number of hydrogen-bond donors (Lipinski definition) is 2. The molecule has 0 aromatic rings. The summed E-state index contributed by atoms with van der Waals surface area (Å²) in [6.07, 6.45) is 29.3. The van der Waals surface area contributed by atoms with Gasteiger partial charge in [0.2, 0.25) is 0 Å². The normalized spacial score (nSPS) is 11.7. The van der Waals surface area contributed by atoms with Gasteiger partial charge in [-0.05, 0) is 31.1 Å². The highest BCUT2D eigenvalue weighted by atomic mass is 16.4. The lowest BCUT2D eigenvalue weighted by Gasteiger charge is -2.34. The first-order valence-corrected chi connectivity index (χ1v) is 15.4. The predicted octanol–water partition coefficient (Wildman–Crippen LogP) is 10.3. The Kier molecular flexibility index (Phi) is 23.9. The van der Waals surface area contributed by atoms with Crippen LogP contribution in [0.5, 0.6) is 0 Å². The molecule has 0 saturated heterocycles. The maximum absolute atomic E-state index is 11.4. The van der Waals surface area contributed by atoms with Crippen molar-refractivity contribution in [2.24, 2.45) is 5.41 Å². The minimum absolute atomic E-state index is 0.114. The van der Waals surface area contributed by atoms with E-state index in [9.17, 15) is 19.8 Å². The van der Waals surface area contributed by atoms with Gasteiger partial charge in [-0.3, -0.25) is 9.59 Å². The average Bonchev–Trinajstić information content (AvgIpc) is 2.83. The third kappa shape index (κ3) is 23.1. The minimum Gasteiger partial charge on any atom is -0.481 e. The Morgan fingerprint density at radius 2 is 0.686 bits per heavy atom. The summed E-state index contributed by atoms with van der Waals surface area (Å²) in [6.45, 7) is 4.51. The summed E-state index contributed by atoms with van der Waals surface area (Å²) in [5, 5.41) is 18.7. The summed E-state index contributed by atoms with van der Waals surface area (Å²) >= 11 is 0. The van der Waals surface area contributed by atoms with Gasteiger partial charge in [0.05, 0.1) is 0 Å². The Hall–Kier alpha value is -1.06. The lowest BCUT2D eigenvalue weighted by molar-refractivity contribution is -0.138. The molecule has 0 spiro atoms. The van der Waals surface area contributed by atoms with Crippen molar-refractivity contribution < 1.29 is 19.8 Å². The summed E-state index contributed by atoms with van der Waals surface area (Å²) in [5.41, 5.74) is -0.114. The van der Waals surface area contributed by atoms with Crippen LogP contribution in [-0.2, 0) is 9.59 Å². The largest absolute Gasteiger partial charge is 0.481 e. The number of hydrogen-bond acceptors (Lipinski definition) is 2. The Morgan fingerprint density at radius 3 is 0.943 bits per heavy atom. The summed E-state index contributed by atoms with van der Waals surface area (Å²) in [6, 6.07) is 0. The van der Waals surface area contributed by atoms with Crippen molar-refractivity contribution in [1.82, 2.24) is 0 Å². The molecule has 2 N–H and O–H groups in total. The summed E-state index contributed by atoms with van der Waals surface area (Å²) < 4.78 is 0. The van der Waals surface area contributed by atoms with Gasteiger partial charge in [0.15, 0.2) is 0 Å². The number of carbonyl (C=O) groups is 2. The summed E-state index contributed by atoms with van der Waals surface area (Å²) in [5.74, 6) is -1.51. The van der Waals surface area contributed by atoms with Crippen LogP contribution in [0.2, 0.25) is 0 Å². The van der Waals surface area contributed by atoms with Crippen LogP contribution in [0.3, 0.4) is 0 Å². The molecule has 0 atom stereocenters. The molecule has 208 valence electrons. The van der Waals surface area contributed by atoms with E-state index in [2.05, 4.69) is 13.8 Å². The van der Waals surface area contributed by atoms with Crippen molar-refractivity contribution in [2.45, 2.75) is 181 Å². The molecule has 0 aliphatic rings. The molecule has 0 aromatic heterocycles. The summed E-state index contributed by atoms with van der Waals surface area (Å²) in [4.78, 5) is 22.7. The second-order valence-electron chi connectivity index (χ2n) is 11.2. The van der Waals surface area contributed by atoms with Gasteiger partial charge < -0.3 is 10.2 Å². The van der Waals surface area contributed by atoms with E-state index < -0.39 is 11.9 Å². The second kappa shape index (κ2) is 24.6. The van der Waals surface area contributed by atoms with E-state index in [4.69, 9.17) is 0 Å². The van der Waals surface area contributed by atoms with Crippen LogP contribution >= 0.6 is 0 Å². The van der Waals surface area contributed by atoms with Crippen LogP contribution in [0.1, 0.15) is 181 Å². The highest BCUT2D eigenvalue weighted by molar-refractivity contribution is 5.67. The van der Waals surface area contributed by atoms with Crippen LogP contribution in [-0.4, -0.2) is 22.2 Å². The summed E-state index contributed by atoms with van der Waals surface area (Å²) in [7, 11) is 0. The Labute approximate surface area is 218 Å². The SMILES string of the molecule is CCCCCCCCCCCCC(CCCCCCCCCCCC)(CCC(=O)O)CCC(=O)O. The van der Waals surface area contributed by atoms with E-state index in [0.717, 1.165) is 25.7 Å². The number of aliphatic carboxylic acids is 2. The van der Waals surface area contributed by atoms with Crippen LogP contribution in [0.25, 0.3) is 0 Å². The number of rotatable bonds is 28. The van der Waals surface area contributed by atoms with Crippen molar-refractivity contribution in [2.75, 3.05) is 0 Å². The quantitative estimate of drug-likeness (QED) is 0.106. The number of carboxylic acids is 2. The van der Waals surface area contributed by atoms with Crippen LogP contribution < -0.4 is 0 Å². The van der Waals surface area contributed by atoms with Crippen molar-refractivity contribution in [3.63, 3.8) is 0 Å². The van der Waals surface area contributed by atoms with Crippen LogP contribution in [0, 0.1) is 5.41 Å². The Morgan fingerprint density at radius 1 is 0.429 bits per heavy atom. The van der Waals surface area contributed by atoms with Crippen molar-refractivity contribution in [3.8, 4) is 0 Å². The number of carboxylic acid groups (broad SMARTS) is 2. The molecule has 4 heteroatoms. The molecule has 0 rings (SSSR count). The molecule has 4 nitrogen and oxygen atoms in total. The molecule has 0 amide bonds. The monoisotopic (exact) mass is 496 g/mol.